The summed E-state index contributed by atoms with van der Waals surface area (Å²) in [5, 5.41) is 19.7. The van der Waals surface area contributed by atoms with Crippen molar-refractivity contribution in [1.29, 1.82) is 0 Å². The number of carbonyl (C=O) groups is 1. The van der Waals surface area contributed by atoms with Crippen molar-refractivity contribution in [2.45, 2.75) is 187 Å². The highest BCUT2D eigenvalue weighted by atomic mass is 16.5. The van der Waals surface area contributed by atoms with Gasteiger partial charge in [-0.2, -0.15) is 0 Å². The van der Waals surface area contributed by atoms with E-state index >= 15 is 0 Å². The minimum absolute atomic E-state index is 0.0153. The lowest BCUT2D eigenvalue weighted by Gasteiger charge is -2.39. The number of carbonyl (C=O) groups excluding carboxylic acids is 1. The summed E-state index contributed by atoms with van der Waals surface area (Å²) in [6, 6.07) is 0. The number of aliphatic hydroxyl groups is 2. The van der Waals surface area contributed by atoms with Crippen LogP contribution in [0.15, 0.2) is 12.2 Å². The summed E-state index contributed by atoms with van der Waals surface area (Å²) in [7, 11) is 0. The van der Waals surface area contributed by atoms with Gasteiger partial charge in [-0.15, -0.1) is 0 Å². The van der Waals surface area contributed by atoms with Crippen LogP contribution >= 0.6 is 0 Å². The first-order valence-electron chi connectivity index (χ1n) is 18.1. The van der Waals surface area contributed by atoms with Gasteiger partial charge in [-0.25, -0.2) is 4.79 Å². The summed E-state index contributed by atoms with van der Waals surface area (Å²) in [6.07, 6.45) is 38.5. The maximum absolute atomic E-state index is 11.6. The van der Waals surface area contributed by atoms with Gasteiger partial charge in [-0.05, 0) is 25.7 Å². The van der Waals surface area contributed by atoms with Gasteiger partial charge in [0.2, 0.25) is 0 Å². The van der Waals surface area contributed by atoms with Crippen molar-refractivity contribution >= 4 is 5.97 Å². The molecule has 0 aliphatic heterocycles. The third-order valence-electron chi connectivity index (χ3n) is 9.72. The van der Waals surface area contributed by atoms with Crippen LogP contribution in [0.5, 0.6) is 0 Å². The van der Waals surface area contributed by atoms with E-state index in [0.29, 0.717) is 5.57 Å². The normalized spacial score (nSPS) is 26.0. The van der Waals surface area contributed by atoms with Crippen molar-refractivity contribution < 1.29 is 19.7 Å². The van der Waals surface area contributed by atoms with E-state index in [0.717, 1.165) is 32.1 Å². The Hall–Kier alpha value is -0.870. The van der Waals surface area contributed by atoms with Gasteiger partial charge in [0, 0.05) is 17.6 Å². The van der Waals surface area contributed by atoms with Gasteiger partial charge in [0.15, 0.2) is 0 Å². The summed E-state index contributed by atoms with van der Waals surface area (Å²) in [6.45, 7) is 5.34. The van der Waals surface area contributed by atoms with Crippen molar-refractivity contribution in [3.8, 4) is 0 Å². The molecular formula is C37H70O4. The molecule has 2 atom stereocenters. The molecule has 0 spiro atoms. The maximum atomic E-state index is 11.6. The highest BCUT2D eigenvalue weighted by Gasteiger charge is 2.39. The Morgan fingerprint density at radius 2 is 0.927 bits per heavy atom. The Morgan fingerprint density at radius 1 is 0.610 bits per heavy atom. The first kappa shape index (κ1) is 38.2. The first-order valence-corrected chi connectivity index (χ1v) is 18.1. The quantitative estimate of drug-likeness (QED) is 0.251. The maximum Gasteiger partial charge on any atom is 0.333 e. The molecule has 4 heteroatoms. The summed E-state index contributed by atoms with van der Waals surface area (Å²) in [4.78, 5) is 11.6. The van der Waals surface area contributed by atoms with Gasteiger partial charge < -0.3 is 14.9 Å². The van der Waals surface area contributed by atoms with Crippen LogP contribution in [0.1, 0.15) is 187 Å². The molecule has 0 saturated heterocycles. The molecule has 0 aromatic rings. The molecular weight excluding hydrogens is 508 g/mol. The number of hydrogen-bond donors (Lipinski definition) is 2. The third kappa shape index (κ3) is 19.9. The number of esters is 1. The lowest BCUT2D eigenvalue weighted by Crippen LogP contribution is -2.41. The van der Waals surface area contributed by atoms with Crippen molar-refractivity contribution in [3.63, 3.8) is 0 Å². The first-order chi connectivity index (χ1) is 20.1. The molecule has 4 nitrogen and oxygen atoms in total. The second kappa shape index (κ2) is 26.7. The van der Waals surface area contributed by atoms with Crippen LogP contribution in [0.25, 0.3) is 0 Å². The SMILES string of the molecule is C1CCCCCCCCC1.C1CCCCCCCCC1.C=C(C)C(=O)OCC1(CO)CCCCCCCCC1CO. The van der Waals surface area contributed by atoms with Crippen molar-refractivity contribution in [2.75, 3.05) is 19.8 Å². The molecule has 41 heavy (non-hydrogen) atoms. The smallest absolute Gasteiger partial charge is 0.333 e. The summed E-state index contributed by atoms with van der Waals surface area (Å²) in [5.74, 6) is -0.435. The molecule has 0 radical (unpaired) electrons. The monoisotopic (exact) mass is 579 g/mol. The Bertz CT molecular complexity index is 532. The molecule has 2 unspecified atom stereocenters. The minimum atomic E-state index is -0.517. The largest absolute Gasteiger partial charge is 0.462 e. The molecule has 0 bridgehead atoms. The minimum Gasteiger partial charge on any atom is -0.462 e. The zero-order valence-electron chi connectivity index (χ0n) is 27.4. The Balaban J connectivity index is 0.000000348. The highest BCUT2D eigenvalue weighted by molar-refractivity contribution is 5.86. The summed E-state index contributed by atoms with van der Waals surface area (Å²) < 4.78 is 5.33. The van der Waals surface area contributed by atoms with E-state index < -0.39 is 11.4 Å². The zero-order valence-corrected chi connectivity index (χ0v) is 27.4. The molecule has 3 rings (SSSR count). The lowest BCUT2D eigenvalue weighted by atomic mass is 9.70. The predicted molar refractivity (Wildman–Crippen MR) is 175 cm³/mol. The fourth-order valence-corrected chi connectivity index (χ4v) is 6.68. The second-order valence-electron chi connectivity index (χ2n) is 13.5. The zero-order chi connectivity index (χ0) is 29.9. The van der Waals surface area contributed by atoms with E-state index in [1.54, 1.807) is 6.92 Å². The Kier molecular flexibility index (Phi) is 24.9. The van der Waals surface area contributed by atoms with Gasteiger partial charge in [0.05, 0.1) is 13.2 Å². The molecule has 3 aliphatic rings. The highest BCUT2D eigenvalue weighted by Crippen LogP contribution is 2.38. The van der Waals surface area contributed by atoms with Crippen LogP contribution in [-0.4, -0.2) is 36.0 Å². The van der Waals surface area contributed by atoms with E-state index in [4.69, 9.17) is 4.74 Å². The molecule has 0 aromatic carbocycles. The fourth-order valence-electron chi connectivity index (χ4n) is 6.68. The predicted octanol–water partition coefficient (Wildman–Crippen LogP) is 10.6. The van der Waals surface area contributed by atoms with Crippen molar-refractivity contribution in [2.24, 2.45) is 11.3 Å². The molecule has 242 valence electrons. The number of aliphatic hydroxyl groups excluding tert-OH is 2. The van der Waals surface area contributed by atoms with E-state index in [1.165, 1.54) is 148 Å². The van der Waals surface area contributed by atoms with Crippen LogP contribution in [0.2, 0.25) is 0 Å². The molecule has 3 saturated carbocycles. The van der Waals surface area contributed by atoms with Crippen LogP contribution < -0.4 is 0 Å². The molecule has 0 aromatic heterocycles. The molecule has 0 amide bonds. The average Bonchev–Trinajstić information content (AvgIpc) is 3.01. The molecule has 3 aliphatic carbocycles. The summed E-state index contributed by atoms with van der Waals surface area (Å²) >= 11 is 0. The van der Waals surface area contributed by atoms with Crippen molar-refractivity contribution in [3.05, 3.63) is 12.2 Å². The molecule has 2 N–H and O–H groups in total. The van der Waals surface area contributed by atoms with Crippen LogP contribution in [-0.2, 0) is 9.53 Å². The van der Waals surface area contributed by atoms with Crippen LogP contribution in [0.4, 0.5) is 0 Å². The fraction of sp³-hybridized carbons (Fsp3) is 0.919. The number of hydrogen-bond acceptors (Lipinski definition) is 4. The standard InChI is InChI=1S/C17H30O4.2C10H20/c1-14(2)16(20)21-13-17(12-19)10-8-6-4-3-5-7-9-15(17)11-18;2*1-2-4-6-8-10-9-7-5-3-1/h15,18-19H,1,3-13H2,2H3;2*1-10H2. The molecule has 0 heterocycles. The van der Waals surface area contributed by atoms with Crippen LogP contribution in [0.3, 0.4) is 0 Å². The van der Waals surface area contributed by atoms with Gasteiger partial charge in [-0.3, -0.25) is 0 Å². The van der Waals surface area contributed by atoms with Gasteiger partial charge in [0.1, 0.15) is 0 Å². The molecule has 3 fully saturated rings. The van der Waals surface area contributed by atoms with Gasteiger partial charge in [-0.1, -0.05) is 174 Å². The Labute approximate surface area is 255 Å². The van der Waals surface area contributed by atoms with E-state index in [1.807, 2.05) is 0 Å². The second-order valence-corrected chi connectivity index (χ2v) is 13.5. The number of rotatable bonds is 5. The van der Waals surface area contributed by atoms with E-state index in [9.17, 15) is 15.0 Å². The average molecular weight is 579 g/mol. The van der Waals surface area contributed by atoms with Crippen molar-refractivity contribution in [1.82, 2.24) is 0 Å². The summed E-state index contributed by atoms with van der Waals surface area (Å²) in [5.41, 5.74) is -0.152. The Morgan fingerprint density at radius 3 is 1.22 bits per heavy atom. The van der Waals surface area contributed by atoms with Gasteiger partial charge >= 0.3 is 5.97 Å². The van der Waals surface area contributed by atoms with Gasteiger partial charge in [0.25, 0.3) is 0 Å². The van der Waals surface area contributed by atoms with E-state index in [-0.39, 0.29) is 25.7 Å². The van der Waals surface area contributed by atoms with E-state index in [2.05, 4.69) is 6.58 Å². The number of ether oxygens (including phenoxy) is 1. The van der Waals surface area contributed by atoms with Crippen LogP contribution in [0, 0.1) is 11.3 Å². The topological polar surface area (TPSA) is 66.8 Å². The lowest BCUT2D eigenvalue weighted by molar-refractivity contribution is -0.147. The third-order valence-corrected chi connectivity index (χ3v) is 9.72.